The molecule has 3 rings (SSSR count). The van der Waals surface area contributed by atoms with Crippen LogP contribution >= 0.6 is 11.3 Å². The molecule has 0 unspecified atom stereocenters. The molecule has 2 aliphatic heterocycles. The van der Waals surface area contributed by atoms with Gasteiger partial charge in [0.25, 0.3) is 0 Å². The normalized spacial score (nSPS) is 24.6. The van der Waals surface area contributed by atoms with Crippen molar-refractivity contribution in [1.29, 1.82) is 0 Å². The molecular weight excluding hydrogens is 393 g/mol. The Labute approximate surface area is 154 Å². The van der Waals surface area contributed by atoms with Crippen LogP contribution in [0.1, 0.15) is 17.7 Å². The number of sulfonamides is 1. The summed E-state index contributed by atoms with van der Waals surface area (Å²) in [6.07, 6.45) is -1.41. The number of fused-ring (bicyclic) bond motifs is 1. The number of thiophene rings is 1. The highest BCUT2D eigenvalue weighted by atomic mass is 32.2. The third-order valence-corrected chi connectivity index (χ3v) is 6.61. The third-order valence-electron chi connectivity index (χ3n) is 4.51. The van der Waals surface area contributed by atoms with E-state index in [1.807, 2.05) is 0 Å². The largest absolute Gasteiger partial charge is 0.490 e. The van der Waals surface area contributed by atoms with E-state index < -0.39 is 22.2 Å². The summed E-state index contributed by atoms with van der Waals surface area (Å²) in [5.74, 6) is -2.24. The minimum Gasteiger partial charge on any atom is -0.475 e. The van der Waals surface area contributed by atoms with E-state index >= 15 is 0 Å². The molecule has 2 atom stereocenters. The molecule has 2 fully saturated rings. The van der Waals surface area contributed by atoms with E-state index in [0.29, 0.717) is 25.0 Å². The number of halogens is 3. The van der Waals surface area contributed by atoms with Crippen LogP contribution in [0.25, 0.3) is 0 Å². The molecule has 2 saturated heterocycles. The zero-order valence-electron chi connectivity index (χ0n) is 14.1. The Morgan fingerprint density at radius 2 is 2.04 bits per heavy atom. The van der Waals surface area contributed by atoms with Gasteiger partial charge in [-0.05, 0) is 36.8 Å². The lowest BCUT2D eigenvalue weighted by Crippen LogP contribution is -2.44. The maximum atomic E-state index is 11.7. The fourth-order valence-corrected chi connectivity index (χ4v) is 4.92. The zero-order valence-corrected chi connectivity index (χ0v) is 15.8. The fourth-order valence-electron chi connectivity index (χ4n) is 3.30. The van der Waals surface area contributed by atoms with Crippen molar-refractivity contribution >= 4 is 27.3 Å². The predicted octanol–water partition coefficient (Wildman–Crippen LogP) is 2.24. The number of carbonyl (C=O) groups is 1. The van der Waals surface area contributed by atoms with Gasteiger partial charge in [-0.2, -0.15) is 13.2 Å². The molecule has 26 heavy (non-hydrogen) atoms. The van der Waals surface area contributed by atoms with Gasteiger partial charge >= 0.3 is 12.1 Å². The SMILES string of the molecule is CS(=O)(=O)N1C[C@H]2CCCN(Cc3cccs3)[C@H]2C1.O=C(O)C(F)(F)F. The molecule has 0 radical (unpaired) electrons. The van der Waals surface area contributed by atoms with Crippen LogP contribution in [0.4, 0.5) is 13.2 Å². The molecule has 0 spiro atoms. The highest BCUT2D eigenvalue weighted by Gasteiger charge is 2.41. The minimum absolute atomic E-state index is 0.408. The summed E-state index contributed by atoms with van der Waals surface area (Å²) < 4.78 is 56.8. The number of carboxylic acid groups (broad SMARTS) is 1. The van der Waals surface area contributed by atoms with Crippen LogP contribution in [0.3, 0.4) is 0 Å². The molecule has 6 nitrogen and oxygen atoms in total. The second-order valence-corrected chi connectivity index (χ2v) is 9.42. The molecule has 0 aromatic carbocycles. The summed E-state index contributed by atoms with van der Waals surface area (Å²) in [6, 6.07) is 4.65. The minimum atomic E-state index is -5.08. The number of carboxylic acids is 1. The Morgan fingerprint density at radius 3 is 2.54 bits per heavy atom. The third kappa shape index (κ3) is 5.66. The zero-order chi connectivity index (χ0) is 19.5. The molecule has 148 valence electrons. The first kappa shape index (κ1) is 21.1. The molecule has 3 heterocycles. The van der Waals surface area contributed by atoms with Crippen molar-refractivity contribution < 1.29 is 31.5 Å². The molecule has 0 saturated carbocycles. The number of hydrogen-bond donors (Lipinski definition) is 1. The number of likely N-dealkylation sites (tertiary alicyclic amines) is 1. The summed E-state index contributed by atoms with van der Waals surface area (Å²) in [4.78, 5) is 12.7. The van der Waals surface area contributed by atoms with Gasteiger partial charge in [0.05, 0.1) is 6.26 Å². The molecule has 1 aromatic rings. The Balaban J connectivity index is 0.000000298. The summed E-state index contributed by atoms with van der Waals surface area (Å²) in [5, 5.41) is 9.23. The van der Waals surface area contributed by atoms with Gasteiger partial charge in [0.1, 0.15) is 0 Å². The van der Waals surface area contributed by atoms with E-state index in [9.17, 15) is 21.6 Å². The Bertz CT molecular complexity index is 707. The molecule has 0 aliphatic carbocycles. The number of rotatable bonds is 3. The molecular formula is C15H21F3N2O4S2. The number of piperidine rings is 1. The monoisotopic (exact) mass is 414 g/mol. The van der Waals surface area contributed by atoms with Crippen LogP contribution in [-0.2, 0) is 21.4 Å². The maximum absolute atomic E-state index is 11.7. The first-order valence-electron chi connectivity index (χ1n) is 8.00. The fraction of sp³-hybridized carbons (Fsp3) is 0.667. The van der Waals surface area contributed by atoms with Gasteiger partial charge < -0.3 is 5.11 Å². The van der Waals surface area contributed by atoms with Crippen molar-refractivity contribution in [1.82, 2.24) is 9.21 Å². The standard InChI is InChI=1S/C13H20N2O2S2.C2HF3O2/c1-19(16,17)15-8-11-4-2-6-14(13(11)10-15)9-12-5-3-7-18-12;3-2(4,5)1(6)7/h3,5,7,11,13H,2,4,6,8-10H2,1H3;(H,6,7)/t11-,13+;/m1./s1. The van der Waals surface area contributed by atoms with Crippen molar-refractivity contribution in [3.63, 3.8) is 0 Å². The van der Waals surface area contributed by atoms with Gasteiger partial charge in [-0.1, -0.05) is 6.07 Å². The lowest BCUT2D eigenvalue weighted by Gasteiger charge is -2.36. The van der Waals surface area contributed by atoms with Gasteiger partial charge in [0.2, 0.25) is 10.0 Å². The average Bonchev–Trinajstić information content (AvgIpc) is 3.15. The van der Waals surface area contributed by atoms with Crippen molar-refractivity contribution in [3.8, 4) is 0 Å². The molecule has 1 aromatic heterocycles. The highest BCUT2D eigenvalue weighted by molar-refractivity contribution is 7.88. The Kier molecular flexibility index (Phi) is 6.70. The molecule has 2 aliphatic rings. The summed E-state index contributed by atoms with van der Waals surface area (Å²) in [7, 11) is -3.04. The smallest absolute Gasteiger partial charge is 0.475 e. The Morgan fingerprint density at radius 1 is 1.38 bits per heavy atom. The quantitative estimate of drug-likeness (QED) is 0.821. The molecule has 0 bridgehead atoms. The number of alkyl halides is 3. The van der Waals surface area contributed by atoms with Gasteiger partial charge in [0, 0.05) is 30.6 Å². The number of hydrogen-bond acceptors (Lipinski definition) is 5. The first-order chi connectivity index (χ1) is 12.0. The van der Waals surface area contributed by atoms with Crippen molar-refractivity contribution in [2.75, 3.05) is 25.9 Å². The van der Waals surface area contributed by atoms with Gasteiger partial charge in [-0.15, -0.1) is 11.3 Å². The number of nitrogens with zero attached hydrogens (tertiary/aromatic N) is 2. The van der Waals surface area contributed by atoms with E-state index in [-0.39, 0.29) is 0 Å². The molecule has 0 amide bonds. The van der Waals surface area contributed by atoms with Crippen molar-refractivity contribution in [2.24, 2.45) is 5.92 Å². The van der Waals surface area contributed by atoms with Crippen LogP contribution < -0.4 is 0 Å². The van der Waals surface area contributed by atoms with Crippen LogP contribution in [-0.4, -0.2) is 66.8 Å². The Hall–Kier alpha value is -1.17. The summed E-state index contributed by atoms with van der Waals surface area (Å²) >= 11 is 1.78. The van der Waals surface area contributed by atoms with Gasteiger partial charge in [-0.25, -0.2) is 17.5 Å². The summed E-state index contributed by atoms with van der Waals surface area (Å²) in [6.45, 7) is 3.45. The van der Waals surface area contributed by atoms with Crippen LogP contribution in [0, 0.1) is 5.92 Å². The van der Waals surface area contributed by atoms with Crippen LogP contribution in [0.2, 0.25) is 0 Å². The van der Waals surface area contributed by atoms with E-state index in [1.165, 1.54) is 17.6 Å². The van der Waals surface area contributed by atoms with Crippen molar-refractivity contribution in [2.45, 2.75) is 31.6 Å². The topological polar surface area (TPSA) is 77.9 Å². The number of aliphatic carboxylic acids is 1. The van der Waals surface area contributed by atoms with Gasteiger partial charge in [-0.3, -0.25) is 4.90 Å². The van der Waals surface area contributed by atoms with Crippen LogP contribution in [0.5, 0.6) is 0 Å². The van der Waals surface area contributed by atoms with E-state index in [2.05, 4.69) is 22.4 Å². The second-order valence-electron chi connectivity index (χ2n) is 6.40. The lowest BCUT2D eigenvalue weighted by molar-refractivity contribution is -0.192. The van der Waals surface area contributed by atoms with Gasteiger partial charge in [0.15, 0.2) is 0 Å². The van der Waals surface area contributed by atoms with E-state index in [4.69, 9.17) is 9.90 Å². The second kappa shape index (κ2) is 8.24. The first-order valence-corrected chi connectivity index (χ1v) is 10.7. The average molecular weight is 414 g/mol. The highest BCUT2D eigenvalue weighted by Crippen LogP contribution is 2.33. The van der Waals surface area contributed by atoms with Crippen LogP contribution in [0.15, 0.2) is 17.5 Å². The van der Waals surface area contributed by atoms with E-state index in [0.717, 1.165) is 19.5 Å². The lowest BCUT2D eigenvalue weighted by atomic mass is 9.92. The molecule has 11 heteroatoms. The van der Waals surface area contributed by atoms with Crippen molar-refractivity contribution in [3.05, 3.63) is 22.4 Å². The summed E-state index contributed by atoms with van der Waals surface area (Å²) in [5.41, 5.74) is 0. The van der Waals surface area contributed by atoms with E-state index in [1.54, 1.807) is 15.6 Å². The molecule has 1 N–H and O–H groups in total. The predicted molar refractivity (Wildman–Crippen MR) is 91.3 cm³/mol. The maximum Gasteiger partial charge on any atom is 0.490 e.